The Morgan fingerprint density at radius 2 is 1.45 bits per heavy atom. The van der Waals surface area contributed by atoms with E-state index in [-0.39, 0.29) is 30.2 Å². The largest absolute Gasteiger partial charge is 0.502 e. The fraction of sp³-hybridized carbons (Fsp3) is 0.231. The van der Waals surface area contributed by atoms with E-state index in [1.54, 1.807) is 54.6 Å². The predicted molar refractivity (Wildman–Crippen MR) is 188 cm³/mol. The molecule has 0 spiro atoms. The third-order valence-electron chi connectivity index (χ3n) is 10.5. The van der Waals surface area contributed by atoms with Crippen LogP contribution in [-0.4, -0.2) is 50.1 Å². The van der Waals surface area contributed by atoms with Gasteiger partial charge in [-0.05, 0) is 66.4 Å². The number of fused-ring (bicyclic) bond motifs is 4. The summed E-state index contributed by atoms with van der Waals surface area (Å²) in [7, 11) is 2.83. The SMILES string of the molecule is COc1cc(C2C3=CCn4c(=O)n(-c5ccccc5)c(=O)n4C3CC3C(=O)N(Nc4ccc(C)cc4)C(=O)C32c2ccccc2)cc(OC)c1O. The van der Waals surface area contributed by atoms with Gasteiger partial charge in [0.25, 0.3) is 11.8 Å². The van der Waals surface area contributed by atoms with E-state index in [0.29, 0.717) is 28.1 Å². The number of hydrogen-bond donors (Lipinski definition) is 2. The highest BCUT2D eigenvalue weighted by Crippen LogP contribution is 2.62. The number of carbonyl (C=O) groups is 2. The zero-order chi connectivity index (χ0) is 35.6. The zero-order valence-corrected chi connectivity index (χ0v) is 28.1. The number of imide groups is 1. The highest BCUT2D eigenvalue weighted by Gasteiger charge is 2.69. The zero-order valence-electron chi connectivity index (χ0n) is 28.1. The molecule has 12 heteroatoms. The highest BCUT2D eigenvalue weighted by molar-refractivity contribution is 6.12. The number of hydrazine groups is 1. The first-order valence-electron chi connectivity index (χ1n) is 16.6. The molecule has 1 saturated heterocycles. The number of benzene rings is 4. The van der Waals surface area contributed by atoms with Crippen molar-refractivity contribution in [3.8, 4) is 22.9 Å². The maximum Gasteiger partial charge on any atom is 0.352 e. The fourth-order valence-corrected chi connectivity index (χ4v) is 8.26. The Morgan fingerprint density at radius 3 is 2.08 bits per heavy atom. The summed E-state index contributed by atoms with van der Waals surface area (Å²) >= 11 is 0. The Kier molecular flexibility index (Phi) is 7.48. The second kappa shape index (κ2) is 11.9. The van der Waals surface area contributed by atoms with E-state index in [2.05, 4.69) is 5.43 Å². The molecular weight excluding hydrogens is 650 g/mol. The van der Waals surface area contributed by atoms with Crippen LogP contribution in [0.1, 0.15) is 35.1 Å². The van der Waals surface area contributed by atoms with Gasteiger partial charge in [0.05, 0.1) is 49.5 Å². The Morgan fingerprint density at radius 1 is 0.824 bits per heavy atom. The first-order chi connectivity index (χ1) is 24.7. The van der Waals surface area contributed by atoms with E-state index in [0.717, 1.165) is 15.1 Å². The van der Waals surface area contributed by atoms with Crippen LogP contribution >= 0.6 is 0 Å². The van der Waals surface area contributed by atoms with E-state index >= 15 is 4.79 Å². The third kappa shape index (κ3) is 4.59. The van der Waals surface area contributed by atoms with Crippen LogP contribution in [0.5, 0.6) is 17.2 Å². The number of nitrogens with one attached hydrogen (secondary N) is 1. The maximum absolute atomic E-state index is 15.3. The monoisotopic (exact) mass is 685 g/mol. The smallest absolute Gasteiger partial charge is 0.352 e. The molecule has 3 heterocycles. The van der Waals surface area contributed by atoms with Crippen molar-refractivity contribution >= 4 is 17.5 Å². The van der Waals surface area contributed by atoms with Crippen LogP contribution in [0.4, 0.5) is 5.69 Å². The molecule has 3 aliphatic rings. The normalized spacial score (nSPS) is 22.1. The molecule has 0 bridgehead atoms. The maximum atomic E-state index is 15.3. The van der Waals surface area contributed by atoms with Gasteiger partial charge in [-0.25, -0.2) is 23.5 Å². The average Bonchev–Trinajstić information content (AvgIpc) is 3.54. The molecule has 2 amide bonds. The molecule has 1 aromatic heterocycles. The Balaban J connectivity index is 1.40. The van der Waals surface area contributed by atoms with Gasteiger partial charge in [0.1, 0.15) is 0 Å². The van der Waals surface area contributed by atoms with Gasteiger partial charge in [-0.3, -0.25) is 15.0 Å². The van der Waals surface area contributed by atoms with E-state index in [1.807, 2.05) is 55.5 Å². The predicted octanol–water partition coefficient (Wildman–Crippen LogP) is 4.45. The number of methoxy groups -OCH3 is 2. The summed E-state index contributed by atoms with van der Waals surface area (Å²) < 4.78 is 15.1. The van der Waals surface area contributed by atoms with Crippen molar-refractivity contribution in [3.63, 3.8) is 0 Å². The summed E-state index contributed by atoms with van der Waals surface area (Å²) in [5, 5.41) is 12.0. The summed E-state index contributed by atoms with van der Waals surface area (Å²) in [5.41, 5.74) is 4.30. The second-order valence-electron chi connectivity index (χ2n) is 13.1. The molecule has 2 N–H and O–H groups in total. The van der Waals surface area contributed by atoms with Crippen molar-refractivity contribution in [3.05, 3.63) is 146 Å². The molecule has 258 valence electrons. The summed E-state index contributed by atoms with van der Waals surface area (Å²) in [6.07, 6.45) is 1.93. The third-order valence-corrected chi connectivity index (χ3v) is 10.5. The van der Waals surface area contributed by atoms with Gasteiger partial charge >= 0.3 is 11.4 Å². The minimum Gasteiger partial charge on any atom is -0.502 e. The number of amides is 2. The van der Waals surface area contributed by atoms with Crippen molar-refractivity contribution in [2.75, 3.05) is 19.6 Å². The number of ether oxygens (including phenoxy) is 2. The first-order valence-corrected chi connectivity index (χ1v) is 16.6. The molecule has 1 aliphatic carbocycles. The lowest BCUT2D eigenvalue weighted by molar-refractivity contribution is -0.138. The molecule has 0 radical (unpaired) electrons. The molecule has 4 unspecified atom stereocenters. The van der Waals surface area contributed by atoms with Gasteiger partial charge in [-0.15, -0.1) is 0 Å². The van der Waals surface area contributed by atoms with Crippen LogP contribution in [-0.2, 0) is 21.5 Å². The molecule has 1 saturated carbocycles. The average molecular weight is 686 g/mol. The number of nitrogens with zero attached hydrogens (tertiary/aromatic N) is 4. The summed E-state index contributed by atoms with van der Waals surface area (Å²) in [6.45, 7) is 1.99. The fourth-order valence-electron chi connectivity index (χ4n) is 8.26. The number of hydrogen-bond acceptors (Lipinski definition) is 8. The van der Waals surface area contributed by atoms with Gasteiger partial charge in [-0.2, -0.15) is 5.01 Å². The summed E-state index contributed by atoms with van der Waals surface area (Å²) in [4.78, 5) is 58.3. The van der Waals surface area contributed by atoms with Crippen LogP contribution in [0.2, 0.25) is 0 Å². The van der Waals surface area contributed by atoms with Gasteiger partial charge < -0.3 is 14.6 Å². The standard InChI is InChI=1S/C39H35N5O7/c1-23-14-16-26(17-15-23)40-43-35(46)29-22-30-28(18-19-41-37(48)42(38(49)44(30)41)27-12-8-5-9-13-27)33(24-20-31(50-2)34(45)32(21-24)51-3)39(29,36(43)47)25-10-6-4-7-11-25/h4-18,20-21,29-30,33,40,45H,19,22H2,1-3H3. The number of aryl methyl sites for hydroxylation is 1. The van der Waals surface area contributed by atoms with Crippen molar-refractivity contribution in [2.45, 2.75) is 37.3 Å². The number of para-hydroxylation sites is 1. The number of phenols is 1. The van der Waals surface area contributed by atoms with Crippen LogP contribution in [0, 0.1) is 12.8 Å². The van der Waals surface area contributed by atoms with Crippen molar-refractivity contribution in [1.82, 2.24) is 18.9 Å². The Bertz CT molecular complexity index is 2320. The minimum atomic E-state index is -1.51. The van der Waals surface area contributed by atoms with Crippen molar-refractivity contribution in [2.24, 2.45) is 5.92 Å². The van der Waals surface area contributed by atoms with Gasteiger partial charge in [0, 0.05) is 5.92 Å². The molecule has 51 heavy (non-hydrogen) atoms. The summed E-state index contributed by atoms with van der Waals surface area (Å²) in [5.74, 6) is -2.81. The molecular formula is C39H35N5O7. The Labute approximate surface area is 292 Å². The molecule has 8 rings (SSSR count). The van der Waals surface area contributed by atoms with Crippen molar-refractivity contribution in [1.29, 1.82) is 0 Å². The van der Waals surface area contributed by atoms with E-state index < -0.39 is 46.5 Å². The van der Waals surface area contributed by atoms with Crippen LogP contribution in [0.15, 0.2) is 118 Å². The van der Waals surface area contributed by atoms with Crippen LogP contribution in [0.25, 0.3) is 5.69 Å². The molecule has 12 nitrogen and oxygen atoms in total. The molecule has 4 aromatic carbocycles. The number of allylic oxidation sites excluding steroid dienone is 2. The van der Waals surface area contributed by atoms with Crippen molar-refractivity contribution < 1.29 is 24.2 Å². The lowest BCUT2D eigenvalue weighted by Crippen LogP contribution is -2.53. The van der Waals surface area contributed by atoms with Gasteiger partial charge in [0.2, 0.25) is 5.75 Å². The molecule has 4 atom stereocenters. The quantitative estimate of drug-likeness (QED) is 0.190. The minimum absolute atomic E-state index is 0.0472. The van der Waals surface area contributed by atoms with Crippen LogP contribution in [0.3, 0.4) is 0 Å². The number of phenolic OH excluding ortho intramolecular Hbond substituents is 1. The second-order valence-corrected chi connectivity index (χ2v) is 13.1. The number of aromatic hydroxyl groups is 1. The molecule has 2 aliphatic heterocycles. The Hall–Kier alpha value is -6.30. The molecule has 5 aromatic rings. The topological polar surface area (TPSA) is 137 Å². The van der Waals surface area contributed by atoms with Gasteiger partial charge in [-0.1, -0.05) is 72.3 Å². The number of aromatic nitrogens is 3. The number of anilines is 1. The number of rotatable bonds is 7. The van der Waals surface area contributed by atoms with Gasteiger partial charge in [0.15, 0.2) is 11.5 Å². The lowest BCUT2D eigenvalue weighted by atomic mass is 9.53. The number of carbonyl (C=O) groups excluding carboxylic acids is 2. The molecule has 2 fully saturated rings. The highest BCUT2D eigenvalue weighted by atomic mass is 16.5. The van der Waals surface area contributed by atoms with Crippen LogP contribution < -0.4 is 26.3 Å². The van der Waals surface area contributed by atoms with E-state index in [1.165, 1.54) is 23.6 Å². The lowest BCUT2D eigenvalue weighted by Gasteiger charge is -2.49. The van der Waals surface area contributed by atoms with E-state index in [9.17, 15) is 19.5 Å². The summed E-state index contributed by atoms with van der Waals surface area (Å²) in [6, 6.07) is 27.7. The first kappa shape index (κ1) is 31.9. The van der Waals surface area contributed by atoms with E-state index in [4.69, 9.17) is 9.47 Å².